The highest BCUT2D eigenvalue weighted by molar-refractivity contribution is 5.95. The van der Waals surface area contributed by atoms with Gasteiger partial charge in [-0.3, -0.25) is 14.9 Å². The van der Waals surface area contributed by atoms with Crippen LogP contribution in [0.4, 0.5) is 0 Å². The van der Waals surface area contributed by atoms with E-state index in [0.29, 0.717) is 18.5 Å². The van der Waals surface area contributed by atoms with Gasteiger partial charge >= 0.3 is 5.97 Å². The summed E-state index contributed by atoms with van der Waals surface area (Å²) < 4.78 is 6.58. The summed E-state index contributed by atoms with van der Waals surface area (Å²) in [7, 11) is 1.37. The van der Waals surface area contributed by atoms with E-state index in [-0.39, 0.29) is 24.3 Å². The lowest BCUT2D eigenvalue weighted by Crippen LogP contribution is -2.43. The van der Waals surface area contributed by atoms with E-state index >= 15 is 0 Å². The zero-order chi connectivity index (χ0) is 15.5. The number of rotatable bonds is 4. The van der Waals surface area contributed by atoms with Crippen LogP contribution >= 0.6 is 0 Å². The molecule has 2 heterocycles. The second-order valence-electron chi connectivity index (χ2n) is 5.22. The third-order valence-electron chi connectivity index (χ3n) is 3.84. The Morgan fingerprint density at radius 2 is 2.14 bits per heavy atom. The van der Waals surface area contributed by atoms with Crippen molar-refractivity contribution in [3.63, 3.8) is 0 Å². The Morgan fingerprint density at radius 3 is 2.86 bits per heavy atom. The SMILES string of the molecule is COC(=O)[C@@H]1Cc2ncn(CC(=O)c3ccccc3)c2CN1. The number of ketones is 1. The molecule has 0 bridgehead atoms. The van der Waals surface area contributed by atoms with E-state index in [1.165, 1.54) is 7.11 Å². The number of nitrogens with zero attached hydrogens (tertiary/aromatic N) is 2. The fraction of sp³-hybridized carbons (Fsp3) is 0.312. The normalized spacial score (nSPS) is 16.9. The Bertz CT molecular complexity index is 694. The van der Waals surface area contributed by atoms with Crippen LogP contribution in [0.15, 0.2) is 36.7 Å². The van der Waals surface area contributed by atoms with Gasteiger partial charge in [0.25, 0.3) is 0 Å². The predicted molar refractivity (Wildman–Crippen MR) is 79.3 cm³/mol. The first-order chi connectivity index (χ1) is 10.7. The lowest BCUT2D eigenvalue weighted by molar-refractivity contribution is -0.143. The Kier molecular flexibility index (Phi) is 4.02. The molecule has 1 N–H and O–H groups in total. The first-order valence-electron chi connectivity index (χ1n) is 7.11. The highest BCUT2D eigenvalue weighted by Crippen LogP contribution is 2.17. The van der Waals surface area contributed by atoms with Gasteiger partial charge in [0, 0.05) is 18.5 Å². The van der Waals surface area contributed by atoms with Crippen molar-refractivity contribution in [1.82, 2.24) is 14.9 Å². The van der Waals surface area contributed by atoms with Crippen molar-refractivity contribution < 1.29 is 14.3 Å². The molecule has 0 fully saturated rings. The Morgan fingerprint density at radius 1 is 1.36 bits per heavy atom. The summed E-state index contributed by atoms with van der Waals surface area (Å²) in [6.07, 6.45) is 2.14. The van der Waals surface area contributed by atoms with Crippen molar-refractivity contribution in [3.8, 4) is 0 Å². The maximum Gasteiger partial charge on any atom is 0.323 e. The van der Waals surface area contributed by atoms with Crippen molar-refractivity contribution in [3.05, 3.63) is 53.6 Å². The number of hydrogen-bond acceptors (Lipinski definition) is 5. The quantitative estimate of drug-likeness (QED) is 0.672. The van der Waals surface area contributed by atoms with Gasteiger partial charge < -0.3 is 9.30 Å². The monoisotopic (exact) mass is 299 g/mol. The van der Waals surface area contributed by atoms with E-state index in [4.69, 9.17) is 4.74 Å². The highest BCUT2D eigenvalue weighted by Gasteiger charge is 2.28. The molecule has 1 aliphatic rings. The largest absolute Gasteiger partial charge is 0.468 e. The molecule has 0 aliphatic carbocycles. The number of Topliss-reactive ketones (excluding diaryl/α,β-unsaturated/α-hetero) is 1. The molecule has 0 radical (unpaired) electrons. The summed E-state index contributed by atoms with van der Waals surface area (Å²) in [6, 6.07) is 8.81. The average molecular weight is 299 g/mol. The van der Waals surface area contributed by atoms with E-state index in [2.05, 4.69) is 10.3 Å². The standard InChI is InChI=1S/C16H17N3O3/c1-22-16(21)13-7-12-14(8-17-13)19(10-18-12)9-15(20)11-5-3-2-4-6-11/h2-6,10,13,17H,7-9H2,1H3/t13-/m0/s1. The van der Waals surface area contributed by atoms with Gasteiger partial charge in [0.1, 0.15) is 6.04 Å². The fourth-order valence-corrected chi connectivity index (χ4v) is 2.62. The highest BCUT2D eigenvalue weighted by atomic mass is 16.5. The zero-order valence-electron chi connectivity index (χ0n) is 12.3. The third-order valence-corrected chi connectivity index (χ3v) is 3.84. The minimum Gasteiger partial charge on any atom is -0.468 e. The summed E-state index contributed by atoms with van der Waals surface area (Å²) in [5, 5.41) is 3.12. The number of benzene rings is 1. The van der Waals surface area contributed by atoms with Crippen molar-refractivity contribution in [2.24, 2.45) is 0 Å². The summed E-state index contributed by atoms with van der Waals surface area (Å²) in [5.74, 6) is -0.253. The van der Waals surface area contributed by atoms with Gasteiger partial charge in [0.15, 0.2) is 5.78 Å². The molecule has 1 aliphatic heterocycles. The molecule has 3 rings (SSSR count). The number of esters is 1. The van der Waals surface area contributed by atoms with Crippen LogP contribution in [-0.4, -0.2) is 34.5 Å². The summed E-state index contributed by atoms with van der Waals surface area (Å²) in [5.41, 5.74) is 2.47. The van der Waals surface area contributed by atoms with Gasteiger partial charge in [-0.1, -0.05) is 30.3 Å². The van der Waals surface area contributed by atoms with E-state index in [0.717, 1.165) is 11.4 Å². The van der Waals surface area contributed by atoms with Gasteiger partial charge in [-0.15, -0.1) is 0 Å². The Hall–Kier alpha value is -2.47. The molecular formula is C16H17N3O3. The number of carbonyl (C=O) groups excluding carboxylic acids is 2. The molecule has 0 saturated carbocycles. The van der Waals surface area contributed by atoms with Crippen molar-refractivity contribution >= 4 is 11.8 Å². The number of fused-ring (bicyclic) bond motifs is 1. The fourth-order valence-electron chi connectivity index (χ4n) is 2.62. The van der Waals surface area contributed by atoms with Gasteiger partial charge in [-0.2, -0.15) is 0 Å². The van der Waals surface area contributed by atoms with E-state index in [9.17, 15) is 9.59 Å². The van der Waals surface area contributed by atoms with Crippen LogP contribution in [0.3, 0.4) is 0 Å². The molecule has 114 valence electrons. The minimum absolute atomic E-state index is 0.0379. The molecule has 22 heavy (non-hydrogen) atoms. The average Bonchev–Trinajstić information content (AvgIpc) is 2.97. The Labute approximate surface area is 128 Å². The molecule has 6 heteroatoms. The molecule has 0 spiro atoms. The maximum atomic E-state index is 12.3. The van der Waals surface area contributed by atoms with E-state index in [1.807, 2.05) is 22.8 Å². The maximum absolute atomic E-state index is 12.3. The molecule has 6 nitrogen and oxygen atoms in total. The number of aromatic nitrogens is 2. The van der Waals surface area contributed by atoms with E-state index in [1.54, 1.807) is 18.5 Å². The lowest BCUT2D eigenvalue weighted by Gasteiger charge is -2.22. The molecule has 2 aromatic rings. The van der Waals surface area contributed by atoms with Gasteiger partial charge in [0.2, 0.25) is 0 Å². The van der Waals surface area contributed by atoms with Gasteiger partial charge in [-0.05, 0) is 0 Å². The van der Waals surface area contributed by atoms with E-state index < -0.39 is 0 Å². The molecule has 1 aromatic heterocycles. The minimum atomic E-state index is -0.370. The predicted octanol–water partition coefficient (Wildman–Crippen LogP) is 0.953. The molecule has 1 aromatic carbocycles. The van der Waals surface area contributed by atoms with Crippen LogP contribution < -0.4 is 5.32 Å². The van der Waals surface area contributed by atoms with Crippen LogP contribution in [0.1, 0.15) is 21.7 Å². The van der Waals surface area contributed by atoms with Crippen LogP contribution in [0, 0.1) is 0 Å². The first kappa shape index (κ1) is 14.5. The molecule has 0 unspecified atom stereocenters. The number of methoxy groups -OCH3 is 1. The first-order valence-corrected chi connectivity index (χ1v) is 7.11. The van der Waals surface area contributed by atoms with Crippen molar-refractivity contribution in [1.29, 1.82) is 0 Å². The second-order valence-corrected chi connectivity index (χ2v) is 5.22. The summed E-state index contributed by atoms with van der Waals surface area (Å²) in [4.78, 5) is 28.2. The van der Waals surface area contributed by atoms with Gasteiger partial charge in [-0.25, -0.2) is 4.98 Å². The molecule has 0 amide bonds. The van der Waals surface area contributed by atoms with Crippen LogP contribution in [0.2, 0.25) is 0 Å². The number of imidazole rings is 1. The number of ether oxygens (including phenoxy) is 1. The lowest BCUT2D eigenvalue weighted by atomic mass is 10.1. The molecule has 0 saturated heterocycles. The van der Waals surface area contributed by atoms with Crippen LogP contribution in [0.5, 0.6) is 0 Å². The summed E-state index contributed by atoms with van der Waals surface area (Å²) >= 11 is 0. The number of hydrogen-bond donors (Lipinski definition) is 1. The molecule has 1 atom stereocenters. The Balaban J connectivity index is 1.74. The van der Waals surface area contributed by atoms with Crippen molar-refractivity contribution in [2.75, 3.05) is 7.11 Å². The van der Waals surface area contributed by atoms with Crippen molar-refractivity contribution in [2.45, 2.75) is 25.6 Å². The topological polar surface area (TPSA) is 73.2 Å². The number of nitrogens with one attached hydrogen (secondary N) is 1. The summed E-state index contributed by atoms with van der Waals surface area (Å²) in [6.45, 7) is 0.744. The number of carbonyl (C=O) groups is 2. The van der Waals surface area contributed by atoms with Crippen LogP contribution in [0.25, 0.3) is 0 Å². The van der Waals surface area contributed by atoms with Gasteiger partial charge in [0.05, 0.1) is 31.4 Å². The molecular weight excluding hydrogens is 282 g/mol. The zero-order valence-corrected chi connectivity index (χ0v) is 12.3. The second kappa shape index (κ2) is 6.11. The third kappa shape index (κ3) is 2.78. The van der Waals surface area contributed by atoms with Crippen LogP contribution in [-0.2, 0) is 29.0 Å². The smallest absolute Gasteiger partial charge is 0.323 e.